The highest BCUT2D eigenvalue weighted by atomic mass is 32.1. The molecule has 2 N–H and O–H groups in total. The predicted octanol–water partition coefficient (Wildman–Crippen LogP) is 9.54. The number of ether oxygens (including phenoxy) is 3. The Hall–Kier alpha value is -6.79. The molecule has 2 saturated heterocycles. The van der Waals surface area contributed by atoms with Gasteiger partial charge in [-0.25, -0.2) is 9.37 Å². The number of nitriles is 1. The minimum atomic E-state index is -4.86. The van der Waals surface area contributed by atoms with Gasteiger partial charge in [0.15, 0.2) is 5.11 Å². The van der Waals surface area contributed by atoms with Crippen molar-refractivity contribution in [2.45, 2.75) is 91.1 Å². The fraction of sp³-hybridized carbons (Fsp3) is 0.389. The highest BCUT2D eigenvalue weighted by Gasteiger charge is 2.51. The van der Waals surface area contributed by atoms with E-state index in [1.807, 2.05) is 64.4 Å². The normalized spacial score (nSPS) is 16.5. The summed E-state index contributed by atoms with van der Waals surface area (Å²) in [4.78, 5) is 63.6. The zero-order valence-electron chi connectivity index (χ0n) is 42.0. The molecular weight excluding hydrogens is 999 g/mol. The first-order chi connectivity index (χ1) is 35.0. The SMILES string of the molecule is Cc1ncsc1-c1ccc([C@H](C)NC(=O)[C@@H]2CCCN2C(=O)[C@@H](NC(=O)COCCOCCOc2ccc(-c3ccc(N4C(=S)N(c5ccc(C#N)c(C(F)(F)F)c5)C(=O)C4(C)C)cc3F)cc2)C(C)(C)C)cc1. The smallest absolute Gasteiger partial charge is 0.417 e. The monoisotopic (exact) mass is 1060 g/mol. The van der Waals surface area contributed by atoms with Crippen molar-refractivity contribution in [3.05, 3.63) is 119 Å². The molecule has 2 aliphatic heterocycles. The topological polar surface area (TPSA) is 166 Å². The van der Waals surface area contributed by atoms with Crippen molar-refractivity contribution in [2.75, 3.05) is 49.4 Å². The van der Waals surface area contributed by atoms with Gasteiger partial charge in [-0.1, -0.05) is 57.2 Å². The van der Waals surface area contributed by atoms with Crippen LogP contribution in [0.15, 0.2) is 90.4 Å². The van der Waals surface area contributed by atoms with Crippen LogP contribution in [-0.2, 0) is 34.8 Å². The first-order valence-corrected chi connectivity index (χ1v) is 25.2. The standard InChI is InChI=1S/C54H57F4N7O7S2/c1-32(34-10-12-36(13-11-34)46-33(2)60-31-74-46)61-48(67)44-9-8-22-63(44)49(68)47(52(3,4)5)62-45(66)30-71-24-23-70-25-26-72-40-19-15-35(16-20-40)41-21-18-39(28-43(41)55)65-51(73)64(50(69)53(65,6)7)38-17-14-37(29-59)42(27-38)54(56,57)58/h10-21,27-28,31-32,44,47H,8-9,22-26,30H2,1-7H3,(H,61,67)(H,62,66)/t32-,44-,47+/m0/s1. The molecule has 3 heterocycles. The van der Waals surface area contributed by atoms with Gasteiger partial charge in [-0.2, -0.15) is 18.4 Å². The second kappa shape index (κ2) is 22.8. The fourth-order valence-electron chi connectivity index (χ4n) is 8.89. The molecule has 390 valence electrons. The van der Waals surface area contributed by atoms with Crippen molar-refractivity contribution in [2.24, 2.45) is 5.41 Å². The molecule has 0 unspecified atom stereocenters. The van der Waals surface area contributed by atoms with E-state index < -0.39 is 58.0 Å². The number of nitrogens with one attached hydrogen (secondary N) is 2. The number of aromatic nitrogens is 1. The molecule has 2 aliphatic rings. The van der Waals surface area contributed by atoms with E-state index in [0.717, 1.165) is 32.7 Å². The van der Waals surface area contributed by atoms with Gasteiger partial charge in [0, 0.05) is 17.8 Å². The van der Waals surface area contributed by atoms with E-state index in [9.17, 15) is 37.6 Å². The lowest BCUT2D eigenvalue weighted by molar-refractivity contribution is -0.144. The van der Waals surface area contributed by atoms with Crippen LogP contribution in [0.2, 0.25) is 0 Å². The number of carbonyl (C=O) groups excluding carboxylic acids is 4. The molecule has 0 saturated carbocycles. The number of thiazole rings is 1. The number of aryl methyl sites for hydroxylation is 1. The summed E-state index contributed by atoms with van der Waals surface area (Å²) in [5, 5.41) is 15.0. The molecule has 3 atom stereocenters. The summed E-state index contributed by atoms with van der Waals surface area (Å²) in [5.74, 6) is -1.85. The number of hydrogen-bond donors (Lipinski definition) is 2. The van der Waals surface area contributed by atoms with Crippen LogP contribution in [0.3, 0.4) is 0 Å². The lowest BCUT2D eigenvalue weighted by Gasteiger charge is -2.35. The van der Waals surface area contributed by atoms with Crippen molar-refractivity contribution in [1.29, 1.82) is 5.26 Å². The van der Waals surface area contributed by atoms with E-state index in [0.29, 0.717) is 36.8 Å². The quantitative estimate of drug-likeness (QED) is 0.0488. The largest absolute Gasteiger partial charge is 0.491 e. The molecule has 0 bridgehead atoms. The molecule has 0 aliphatic carbocycles. The third kappa shape index (κ3) is 12.2. The third-order valence-corrected chi connectivity index (χ3v) is 14.2. The number of carbonyl (C=O) groups is 4. The lowest BCUT2D eigenvalue weighted by Crippen LogP contribution is -2.58. The molecule has 20 heteroatoms. The Morgan fingerprint density at radius 1 is 0.919 bits per heavy atom. The van der Waals surface area contributed by atoms with Gasteiger partial charge >= 0.3 is 6.18 Å². The molecule has 1 aromatic heterocycles. The van der Waals surface area contributed by atoms with E-state index >= 15 is 4.39 Å². The maximum Gasteiger partial charge on any atom is 0.417 e. The van der Waals surface area contributed by atoms with Crippen LogP contribution in [-0.4, -0.2) is 95.8 Å². The molecular formula is C54H57F4N7O7S2. The Morgan fingerprint density at radius 2 is 1.58 bits per heavy atom. The Labute approximate surface area is 436 Å². The number of rotatable bonds is 18. The van der Waals surface area contributed by atoms with Gasteiger partial charge in [-0.05, 0) is 123 Å². The summed E-state index contributed by atoms with van der Waals surface area (Å²) in [5.41, 5.74) is 1.67. The van der Waals surface area contributed by atoms with E-state index in [4.69, 9.17) is 26.4 Å². The maximum absolute atomic E-state index is 15.8. The summed E-state index contributed by atoms with van der Waals surface area (Å²) in [7, 11) is 0. The van der Waals surface area contributed by atoms with E-state index in [1.165, 1.54) is 43.0 Å². The van der Waals surface area contributed by atoms with Gasteiger partial charge in [0.2, 0.25) is 17.7 Å². The Bertz CT molecular complexity index is 2940. The molecule has 4 aromatic carbocycles. The van der Waals surface area contributed by atoms with E-state index in [-0.39, 0.29) is 72.9 Å². The predicted molar refractivity (Wildman–Crippen MR) is 277 cm³/mol. The van der Waals surface area contributed by atoms with Crippen molar-refractivity contribution < 1.29 is 51.0 Å². The highest BCUT2D eigenvalue weighted by molar-refractivity contribution is 7.81. The molecule has 2 fully saturated rings. The average Bonchev–Trinajstić information content (AvgIpc) is 4.07. The molecule has 74 heavy (non-hydrogen) atoms. The first-order valence-electron chi connectivity index (χ1n) is 23.9. The van der Waals surface area contributed by atoms with Crippen molar-refractivity contribution in [3.63, 3.8) is 0 Å². The van der Waals surface area contributed by atoms with Gasteiger partial charge in [-0.15, -0.1) is 11.3 Å². The number of thiocarbonyl (C=S) groups is 1. The summed E-state index contributed by atoms with van der Waals surface area (Å²) >= 11 is 7.17. The van der Waals surface area contributed by atoms with E-state index in [1.54, 1.807) is 46.6 Å². The van der Waals surface area contributed by atoms with Gasteiger partial charge in [0.05, 0.1) is 64.8 Å². The zero-order chi connectivity index (χ0) is 53.7. The molecule has 0 radical (unpaired) electrons. The van der Waals surface area contributed by atoms with Crippen LogP contribution in [0.25, 0.3) is 21.6 Å². The number of amides is 4. The zero-order valence-corrected chi connectivity index (χ0v) is 43.6. The second-order valence-corrected chi connectivity index (χ2v) is 20.8. The summed E-state index contributed by atoms with van der Waals surface area (Å²) in [6.07, 6.45) is -3.69. The number of anilines is 2. The number of nitrogens with zero attached hydrogens (tertiary/aromatic N) is 5. The third-order valence-electron chi connectivity index (χ3n) is 12.9. The van der Waals surface area contributed by atoms with Gasteiger partial charge in [0.1, 0.15) is 42.4 Å². The van der Waals surface area contributed by atoms with Crippen LogP contribution in [0.5, 0.6) is 5.75 Å². The Balaban J connectivity index is 0.834. The van der Waals surface area contributed by atoms with E-state index in [2.05, 4.69) is 15.6 Å². The number of alkyl halides is 3. The summed E-state index contributed by atoms with van der Waals surface area (Å²) in [6, 6.07) is 21.4. The fourth-order valence-corrected chi connectivity index (χ4v) is 10.2. The average molecular weight is 1060 g/mol. The van der Waals surface area contributed by atoms with Crippen molar-refractivity contribution in [3.8, 4) is 33.4 Å². The maximum atomic E-state index is 15.8. The number of halogens is 4. The molecule has 4 amide bonds. The summed E-state index contributed by atoms with van der Waals surface area (Å²) in [6.45, 7) is 13.2. The van der Waals surface area contributed by atoms with Crippen LogP contribution >= 0.6 is 23.6 Å². The number of hydrogen-bond acceptors (Lipinski definition) is 11. The molecule has 0 spiro atoms. The van der Waals surface area contributed by atoms with Crippen LogP contribution in [0.4, 0.5) is 28.9 Å². The number of benzene rings is 4. The van der Waals surface area contributed by atoms with Gasteiger partial charge < -0.3 is 34.6 Å². The summed E-state index contributed by atoms with van der Waals surface area (Å²) < 4.78 is 74.0. The first kappa shape index (κ1) is 55.0. The van der Waals surface area contributed by atoms with Gasteiger partial charge in [0.25, 0.3) is 5.91 Å². The lowest BCUT2D eigenvalue weighted by atomic mass is 9.85. The van der Waals surface area contributed by atoms with Crippen LogP contribution < -0.4 is 25.2 Å². The van der Waals surface area contributed by atoms with Crippen LogP contribution in [0.1, 0.15) is 82.8 Å². The Morgan fingerprint density at radius 3 is 2.22 bits per heavy atom. The Kier molecular flexibility index (Phi) is 16.9. The minimum Gasteiger partial charge on any atom is -0.491 e. The molecule has 5 aromatic rings. The molecule has 7 rings (SSSR count). The second-order valence-electron chi connectivity index (χ2n) is 19.5. The number of likely N-dealkylation sites (tertiary alicyclic amines) is 1. The highest BCUT2D eigenvalue weighted by Crippen LogP contribution is 2.41. The van der Waals surface area contributed by atoms with Gasteiger partial charge in [-0.3, -0.25) is 24.1 Å². The molecule has 14 nitrogen and oxygen atoms in total. The van der Waals surface area contributed by atoms with Crippen LogP contribution in [0, 0.1) is 29.5 Å². The minimum absolute atomic E-state index is 0.0936. The van der Waals surface area contributed by atoms with Crippen molar-refractivity contribution >= 4 is 63.7 Å². The van der Waals surface area contributed by atoms with Crippen molar-refractivity contribution in [1.82, 2.24) is 20.5 Å².